The first kappa shape index (κ1) is 16.4. The lowest BCUT2D eigenvalue weighted by molar-refractivity contribution is -0.120. The minimum Gasteiger partial charge on any atom is -0.364 e. The molecule has 1 amide bonds. The van der Waals surface area contributed by atoms with Crippen LogP contribution in [-0.4, -0.2) is 33.8 Å². The topological polar surface area (TPSA) is 132 Å². The molecule has 2 aromatic rings. The van der Waals surface area contributed by atoms with Crippen LogP contribution in [0.5, 0.6) is 0 Å². The minimum absolute atomic E-state index is 0.0675. The van der Waals surface area contributed by atoms with Crippen LogP contribution in [-0.2, 0) is 4.79 Å². The summed E-state index contributed by atoms with van der Waals surface area (Å²) in [7, 11) is 0. The molecule has 0 spiro atoms. The van der Waals surface area contributed by atoms with Gasteiger partial charge in [-0.3, -0.25) is 14.6 Å². The molecule has 2 rings (SSSR count). The van der Waals surface area contributed by atoms with E-state index < -0.39 is 11.2 Å². The number of nitrogens with zero attached hydrogens (tertiary/aromatic N) is 2. The van der Waals surface area contributed by atoms with Gasteiger partial charge >= 0.3 is 5.69 Å². The molecule has 1 aromatic carbocycles. The van der Waals surface area contributed by atoms with E-state index in [2.05, 4.69) is 26.0 Å². The molecule has 4 N–H and O–H groups in total. The molecule has 0 fully saturated rings. The zero-order valence-electron chi connectivity index (χ0n) is 11.8. The predicted octanol–water partition coefficient (Wildman–Crippen LogP) is 0.0639. The Kier molecular flexibility index (Phi) is 5.64. The molecule has 0 atom stereocenters. The number of amides is 1. The quantitative estimate of drug-likeness (QED) is 0.437. The molecule has 0 aliphatic heterocycles. The standard InChI is InChI=1S/C13H13ClN6O3/c14-9-3-1-8(2-4-9)7-16-18-10(21)5-6-15-11-12(22)17-13(23)20-19-11/h1-4,7H,5-6H2,(H,15,19)(H,18,21)(H2,17,20,22,23)/b16-7+. The molecule has 1 aromatic heterocycles. The molecular formula is C13H13ClN6O3. The number of nitrogens with one attached hydrogen (secondary N) is 4. The van der Waals surface area contributed by atoms with Crippen LogP contribution in [0.4, 0.5) is 5.82 Å². The second-order valence-corrected chi connectivity index (χ2v) is 4.81. The van der Waals surface area contributed by atoms with Crippen molar-refractivity contribution >= 4 is 29.5 Å². The Balaban J connectivity index is 1.75. The van der Waals surface area contributed by atoms with E-state index in [1.165, 1.54) is 6.21 Å². The van der Waals surface area contributed by atoms with E-state index in [0.717, 1.165) is 5.56 Å². The van der Waals surface area contributed by atoms with Gasteiger partial charge in [0.15, 0.2) is 0 Å². The van der Waals surface area contributed by atoms with Crippen LogP contribution < -0.4 is 22.0 Å². The van der Waals surface area contributed by atoms with E-state index in [9.17, 15) is 14.4 Å². The average Bonchev–Trinajstić information content (AvgIpc) is 2.51. The first-order valence-electron chi connectivity index (χ1n) is 6.55. The number of benzene rings is 1. The van der Waals surface area contributed by atoms with E-state index in [4.69, 9.17) is 11.6 Å². The van der Waals surface area contributed by atoms with Gasteiger partial charge in [-0.25, -0.2) is 15.3 Å². The molecular weight excluding hydrogens is 324 g/mol. The fourth-order valence-electron chi connectivity index (χ4n) is 1.55. The summed E-state index contributed by atoms with van der Waals surface area (Å²) in [6.07, 6.45) is 1.55. The highest BCUT2D eigenvalue weighted by Crippen LogP contribution is 2.07. The van der Waals surface area contributed by atoms with Crippen LogP contribution in [0.25, 0.3) is 0 Å². The lowest BCUT2D eigenvalue weighted by Gasteiger charge is -2.02. The minimum atomic E-state index is -0.699. The van der Waals surface area contributed by atoms with Crippen molar-refractivity contribution in [1.29, 1.82) is 0 Å². The zero-order valence-corrected chi connectivity index (χ0v) is 12.6. The summed E-state index contributed by atoms with van der Waals surface area (Å²) in [5.41, 5.74) is 1.78. The second kappa shape index (κ2) is 7.90. The van der Waals surface area contributed by atoms with E-state index in [-0.39, 0.29) is 24.7 Å². The largest absolute Gasteiger partial charge is 0.364 e. The van der Waals surface area contributed by atoms with Crippen LogP contribution in [0.15, 0.2) is 39.0 Å². The lowest BCUT2D eigenvalue weighted by Crippen LogP contribution is -2.28. The van der Waals surface area contributed by atoms with Crippen LogP contribution in [0.3, 0.4) is 0 Å². The van der Waals surface area contributed by atoms with Crippen molar-refractivity contribution in [3.63, 3.8) is 0 Å². The monoisotopic (exact) mass is 336 g/mol. The zero-order chi connectivity index (χ0) is 16.7. The van der Waals surface area contributed by atoms with Gasteiger partial charge < -0.3 is 5.32 Å². The molecule has 1 heterocycles. The molecule has 23 heavy (non-hydrogen) atoms. The third-order valence-electron chi connectivity index (χ3n) is 2.63. The van der Waals surface area contributed by atoms with Gasteiger partial charge in [-0.2, -0.15) is 5.10 Å². The Morgan fingerprint density at radius 2 is 2.04 bits per heavy atom. The first-order chi connectivity index (χ1) is 11.0. The van der Waals surface area contributed by atoms with Gasteiger partial charge in [-0.05, 0) is 17.7 Å². The maximum atomic E-state index is 11.6. The third kappa shape index (κ3) is 5.40. The van der Waals surface area contributed by atoms with Crippen molar-refractivity contribution in [2.75, 3.05) is 11.9 Å². The molecule has 0 aliphatic rings. The number of carbonyl (C=O) groups excluding carboxylic acids is 1. The fraction of sp³-hybridized carbons (Fsp3) is 0.154. The van der Waals surface area contributed by atoms with E-state index in [0.29, 0.717) is 5.02 Å². The summed E-state index contributed by atoms with van der Waals surface area (Å²) in [4.78, 5) is 35.7. The van der Waals surface area contributed by atoms with E-state index >= 15 is 0 Å². The Morgan fingerprint density at radius 1 is 1.30 bits per heavy atom. The summed E-state index contributed by atoms with van der Waals surface area (Å²) in [6.45, 7) is 0.157. The maximum Gasteiger partial charge on any atom is 0.342 e. The van der Waals surface area contributed by atoms with Gasteiger partial charge in [-0.1, -0.05) is 23.7 Å². The smallest absolute Gasteiger partial charge is 0.342 e. The van der Waals surface area contributed by atoms with Crippen molar-refractivity contribution in [1.82, 2.24) is 20.6 Å². The van der Waals surface area contributed by atoms with Crippen LogP contribution in [0.2, 0.25) is 5.02 Å². The second-order valence-electron chi connectivity index (χ2n) is 4.38. The molecule has 0 bridgehead atoms. The van der Waals surface area contributed by atoms with Crippen LogP contribution in [0, 0.1) is 0 Å². The van der Waals surface area contributed by atoms with Crippen molar-refractivity contribution in [3.8, 4) is 0 Å². The van der Waals surface area contributed by atoms with Gasteiger partial charge in [0.05, 0.1) is 6.21 Å². The summed E-state index contributed by atoms with van der Waals surface area (Å²) < 4.78 is 0. The Hall–Kier alpha value is -2.94. The number of aromatic amines is 2. The number of hydrogen-bond acceptors (Lipinski definition) is 6. The Morgan fingerprint density at radius 3 is 2.74 bits per heavy atom. The highest BCUT2D eigenvalue weighted by atomic mass is 35.5. The van der Waals surface area contributed by atoms with E-state index in [1.54, 1.807) is 24.3 Å². The van der Waals surface area contributed by atoms with Crippen molar-refractivity contribution < 1.29 is 4.79 Å². The number of hydrogen-bond donors (Lipinski definition) is 4. The first-order valence-corrected chi connectivity index (χ1v) is 6.93. The SMILES string of the molecule is O=C(CCNc1n[nH]c(=O)[nH]c1=O)N/N=C/c1ccc(Cl)cc1. The van der Waals surface area contributed by atoms with E-state index in [1.807, 2.05) is 4.98 Å². The maximum absolute atomic E-state index is 11.6. The number of halogens is 1. The summed E-state index contributed by atoms with van der Waals surface area (Å²) in [5.74, 6) is -0.411. The predicted molar refractivity (Wildman–Crippen MR) is 85.8 cm³/mol. The molecule has 9 nitrogen and oxygen atoms in total. The Labute approximate surface area is 134 Å². The Bertz CT molecular complexity index is 811. The third-order valence-corrected chi connectivity index (χ3v) is 2.88. The molecule has 0 radical (unpaired) electrons. The number of hydrazone groups is 1. The number of anilines is 1. The van der Waals surface area contributed by atoms with Gasteiger partial charge in [0.25, 0.3) is 5.56 Å². The van der Waals surface area contributed by atoms with Gasteiger partial charge in [0.1, 0.15) is 0 Å². The normalized spacial score (nSPS) is 10.7. The number of rotatable bonds is 6. The highest BCUT2D eigenvalue weighted by molar-refractivity contribution is 6.30. The molecule has 0 saturated heterocycles. The van der Waals surface area contributed by atoms with Crippen LogP contribution >= 0.6 is 11.6 Å². The van der Waals surface area contributed by atoms with Gasteiger partial charge in [0, 0.05) is 18.0 Å². The van der Waals surface area contributed by atoms with Crippen molar-refractivity contribution in [2.24, 2.45) is 5.10 Å². The van der Waals surface area contributed by atoms with Gasteiger partial charge in [0.2, 0.25) is 11.7 Å². The molecule has 120 valence electrons. The average molecular weight is 337 g/mol. The highest BCUT2D eigenvalue weighted by Gasteiger charge is 2.03. The lowest BCUT2D eigenvalue weighted by atomic mass is 10.2. The summed E-state index contributed by atoms with van der Waals surface area (Å²) in [5, 5.41) is 12.6. The summed E-state index contributed by atoms with van der Waals surface area (Å²) in [6, 6.07) is 6.94. The number of aromatic nitrogens is 3. The molecule has 0 aliphatic carbocycles. The fourth-order valence-corrected chi connectivity index (χ4v) is 1.67. The molecule has 10 heteroatoms. The summed E-state index contributed by atoms with van der Waals surface area (Å²) >= 11 is 5.75. The number of carbonyl (C=O) groups is 1. The van der Waals surface area contributed by atoms with Crippen molar-refractivity contribution in [2.45, 2.75) is 6.42 Å². The molecule has 0 saturated carbocycles. The number of H-pyrrole nitrogens is 2. The molecule has 0 unspecified atom stereocenters. The van der Waals surface area contributed by atoms with Crippen molar-refractivity contribution in [3.05, 3.63) is 55.7 Å². The van der Waals surface area contributed by atoms with Crippen LogP contribution in [0.1, 0.15) is 12.0 Å². The van der Waals surface area contributed by atoms with Gasteiger partial charge in [-0.15, -0.1) is 5.10 Å².